The molecule has 4 nitrogen and oxygen atoms in total. The predicted octanol–water partition coefficient (Wildman–Crippen LogP) is 1.47. The van der Waals surface area contributed by atoms with Crippen LogP contribution in [-0.2, 0) is 17.9 Å². The van der Waals surface area contributed by atoms with Crippen LogP contribution in [0.25, 0.3) is 0 Å². The van der Waals surface area contributed by atoms with E-state index in [1.165, 1.54) is 18.5 Å². The summed E-state index contributed by atoms with van der Waals surface area (Å²) in [6.45, 7) is 5.85. The van der Waals surface area contributed by atoms with Gasteiger partial charge in [-0.2, -0.15) is 0 Å². The van der Waals surface area contributed by atoms with E-state index in [1.54, 1.807) is 0 Å². The van der Waals surface area contributed by atoms with Gasteiger partial charge in [0.05, 0.1) is 24.5 Å². The summed E-state index contributed by atoms with van der Waals surface area (Å²) in [6.07, 6.45) is 4.67. The van der Waals surface area contributed by atoms with Gasteiger partial charge in [0.1, 0.15) is 5.82 Å². The minimum absolute atomic E-state index is 0.367. The van der Waals surface area contributed by atoms with Gasteiger partial charge in [0.2, 0.25) is 0 Å². The van der Waals surface area contributed by atoms with E-state index < -0.39 is 0 Å². The minimum atomic E-state index is 0.367. The molecule has 1 aliphatic heterocycles. The molecule has 1 unspecified atom stereocenters. The molecule has 0 spiro atoms. The molecule has 3 rings (SSSR count). The summed E-state index contributed by atoms with van der Waals surface area (Å²) in [5.41, 5.74) is 1.23. The van der Waals surface area contributed by atoms with Crippen LogP contribution in [-0.4, -0.2) is 22.7 Å². The molecule has 0 aromatic carbocycles. The number of imidazole rings is 1. The van der Waals surface area contributed by atoms with Gasteiger partial charge in [-0.1, -0.05) is 0 Å². The molecule has 1 aromatic heterocycles. The summed E-state index contributed by atoms with van der Waals surface area (Å²) in [5, 5.41) is 3.41. The van der Waals surface area contributed by atoms with Crippen LogP contribution in [0.1, 0.15) is 37.3 Å². The second kappa shape index (κ2) is 4.18. The molecule has 0 bridgehead atoms. The molecular weight excluding hydrogens is 202 g/mol. The molecule has 2 heterocycles. The van der Waals surface area contributed by atoms with E-state index in [0.717, 1.165) is 38.0 Å². The first-order valence-corrected chi connectivity index (χ1v) is 6.20. The van der Waals surface area contributed by atoms with Crippen LogP contribution in [0.5, 0.6) is 0 Å². The molecule has 1 atom stereocenters. The Hall–Kier alpha value is -0.870. The van der Waals surface area contributed by atoms with Gasteiger partial charge in [-0.3, -0.25) is 0 Å². The van der Waals surface area contributed by atoms with Crippen molar-refractivity contribution in [2.24, 2.45) is 5.92 Å². The van der Waals surface area contributed by atoms with Gasteiger partial charge in [-0.15, -0.1) is 0 Å². The number of hydrogen-bond acceptors (Lipinski definition) is 3. The van der Waals surface area contributed by atoms with E-state index in [9.17, 15) is 0 Å². The Morgan fingerprint density at radius 1 is 1.56 bits per heavy atom. The number of hydrogen-bond donors (Lipinski definition) is 1. The fourth-order valence-electron chi connectivity index (χ4n) is 2.24. The SMILES string of the molecule is CC1NCCn2c(COCC3CC3)cnc21. The van der Waals surface area contributed by atoms with Gasteiger partial charge in [0.15, 0.2) is 0 Å². The highest BCUT2D eigenvalue weighted by molar-refractivity contribution is 5.09. The largest absolute Gasteiger partial charge is 0.375 e. The van der Waals surface area contributed by atoms with Crippen LogP contribution in [0.4, 0.5) is 0 Å². The molecular formula is C12H19N3O. The van der Waals surface area contributed by atoms with Crippen molar-refractivity contribution in [3.05, 3.63) is 17.7 Å². The molecule has 4 heteroatoms. The molecule has 0 radical (unpaired) electrons. The van der Waals surface area contributed by atoms with E-state index in [-0.39, 0.29) is 0 Å². The first-order chi connectivity index (χ1) is 7.84. The molecule has 0 amide bonds. The molecule has 1 saturated carbocycles. The van der Waals surface area contributed by atoms with Crippen LogP contribution >= 0.6 is 0 Å². The monoisotopic (exact) mass is 221 g/mol. The number of rotatable bonds is 4. The Bertz CT molecular complexity index is 370. The lowest BCUT2D eigenvalue weighted by atomic mass is 10.2. The Morgan fingerprint density at radius 2 is 2.44 bits per heavy atom. The summed E-state index contributed by atoms with van der Waals surface area (Å²) in [5.74, 6) is 1.99. The summed E-state index contributed by atoms with van der Waals surface area (Å²) >= 11 is 0. The predicted molar refractivity (Wildman–Crippen MR) is 61.0 cm³/mol. The lowest BCUT2D eigenvalue weighted by Crippen LogP contribution is -2.32. The highest BCUT2D eigenvalue weighted by atomic mass is 16.5. The van der Waals surface area contributed by atoms with E-state index in [2.05, 4.69) is 21.8 Å². The van der Waals surface area contributed by atoms with Gasteiger partial charge in [-0.05, 0) is 25.7 Å². The fourth-order valence-corrected chi connectivity index (χ4v) is 2.24. The maximum atomic E-state index is 5.72. The van der Waals surface area contributed by atoms with Crippen LogP contribution in [0.15, 0.2) is 6.20 Å². The molecule has 1 aliphatic carbocycles. The minimum Gasteiger partial charge on any atom is -0.375 e. The Labute approximate surface area is 96.0 Å². The number of nitrogens with zero attached hydrogens (tertiary/aromatic N) is 2. The molecule has 1 N–H and O–H groups in total. The molecule has 1 aromatic rings. The normalized spacial score (nSPS) is 24.4. The zero-order valence-electron chi connectivity index (χ0n) is 9.78. The second-order valence-corrected chi connectivity index (χ2v) is 4.89. The van der Waals surface area contributed by atoms with Gasteiger partial charge in [0, 0.05) is 19.7 Å². The molecule has 1 fully saturated rings. The number of nitrogens with one attached hydrogen (secondary N) is 1. The number of ether oxygens (including phenoxy) is 1. The Balaban J connectivity index is 1.65. The van der Waals surface area contributed by atoms with E-state index in [1.807, 2.05) is 6.20 Å². The maximum absolute atomic E-state index is 5.72. The van der Waals surface area contributed by atoms with Gasteiger partial charge >= 0.3 is 0 Å². The summed E-state index contributed by atoms with van der Waals surface area (Å²) < 4.78 is 8.02. The molecule has 0 saturated heterocycles. The van der Waals surface area contributed by atoms with Crippen LogP contribution in [0.3, 0.4) is 0 Å². The van der Waals surface area contributed by atoms with E-state index in [4.69, 9.17) is 4.74 Å². The lowest BCUT2D eigenvalue weighted by Gasteiger charge is -2.23. The van der Waals surface area contributed by atoms with E-state index in [0.29, 0.717) is 6.04 Å². The fraction of sp³-hybridized carbons (Fsp3) is 0.750. The third kappa shape index (κ3) is 1.99. The van der Waals surface area contributed by atoms with Crippen molar-refractivity contribution >= 4 is 0 Å². The maximum Gasteiger partial charge on any atom is 0.125 e. The Morgan fingerprint density at radius 3 is 3.25 bits per heavy atom. The van der Waals surface area contributed by atoms with Crippen molar-refractivity contribution in [3.8, 4) is 0 Å². The number of aromatic nitrogens is 2. The molecule has 16 heavy (non-hydrogen) atoms. The zero-order valence-corrected chi connectivity index (χ0v) is 9.78. The molecule has 88 valence electrons. The third-order valence-corrected chi connectivity index (χ3v) is 3.44. The molecule has 2 aliphatic rings. The van der Waals surface area contributed by atoms with Crippen molar-refractivity contribution in [2.45, 2.75) is 39.0 Å². The zero-order chi connectivity index (χ0) is 11.0. The third-order valence-electron chi connectivity index (χ3n) is 3.44. The lowest BCUT2D eigenvalue weighted by molar-refractivity contribution is 0.106. The van der Waals surface area contributed by atoms with Crippen LogP contribution in [0, 0.1) is 5.92 Å². The average Bonchev–Trinajstić information content (AvgIpc) is 3.00. The topological polar surface area (TPSA) is 39.1 Å². The van der Waals surface area contributed by atoms with Crippen molar-refractivity contribution in [2.75, 3.05) is 13.2 Å². The smallest absolute Gasteiger partial charge is 0.125 e. The standard InChI is InChI=1S/C12H19N3O/c1-9-12-14-6-11(15(12)5-4-13-9)8-16-7-10-2-3-10/h6,9-10,13H,2-5,7-8H2,1H3. The average molecular weight is 221 g/mol. The quantitative estimate of drug-likeness (QED) is 0.837. The highest BCUT2D eigenvalue weighted by Crippen LogP contribution is 2.29. The summed E-state index contributed by atoms with van der Waals surface area (Å²) in [7, 11) is 0. The van der Waals surface area contributed by atoms with Gasteiger partial charge in [-0.25, -0.2) is 4.98 Å². The van der Waals surface area contributed by atoms with Crippen molar-refractivity contribution < 1.29 is 4.74 Å². The van der Waals surface area contributed by atoms with Gasteiger partial charge in [0.25, 0.3) is 0 Å². The Kier molecular flexibility index (Phi) is 2.69. The van der Waals surface area contributed by atoms with Crippen LogP contribution < -0.4 is 5.32 Å². The number of fused-ring (bicyclic) bond motifs is 1. The van der Waals surface area contributed by atoms with Crippen LogP contribution in [0.2, 0.25) is 0 Å². The van der Waals surface area contributed by atoms with E-state index >= 15 is 0 Å². The van der Waals surface area contributed by atoms with Crippen molar-refractivity contribution in [1.29, 1.82) is 0 Å². The summed E-state index contributed by atoms with van der Waals surface area (Å²) in [4.78, 5) is 4.47. The van der Waals surface area contributed by atoms with Crippen molar-refractivity contribution in [1.82, 2.24) is 14.9 Å². The summed E-state index contributed by atoms with van der Waals surface area (Å²) in [6, 6.07) is 0.367. The second-order valence-electron chi connectivity index (χ2n) is 4.89. The first kappa shape index (κ1) is 10.3. The van der Waals surface area contributed by atoms with Crippen molar-refractivity contribution in [3.63, 3.8) is 0 Å². The first-order valence-electron chi connectivity index (χ1n) is 6.20. The highest BCUT2D eigenvalue weighted by Gasteiger charge is 2.22. The van der Waals surface area contributed by atoms with Gasteiger partial charge < -0.3 is 14.6 Å².